The van der Waals surface area contributed by atoms with Crippen LogP contribution in [-0.2, 0) is 6.54 Å². The van der Waals surface area contributed by atoms with E-state index >= 15 is 0 Å². The lowest BCUT2D eigenvalue weighted by Crippen LogP contribution is -2.10. The van der Waals surface area contributed by atoms with Crippen LogP contribution in [0.5, 0.6) is 0 Å². The van der Waals surface area contributed by atoms with Gasteiger partial charge < -0.3 is 5.73 Å². The highest BCUT2D eigenvalue weighted by Crippen LogP contribution is 2.22. The molecule has 0 bridgehead atoms. The average Bonchev–Trinajstić information content (AvgIpc) is 3.04. The van der Waals surface area contributed by atoms with Crippen molar-refractivity contribution < 1.29 is 0 Å². The normalized spacial score (nSPS) is 13.0. The Labute approximate surface area is 105 Å². The molecular formula is C13H15N5. The van der Waals surface area contributed by atoms with Crippen molar-refractivity contribution in [3.63, 3.8) is 0 Å². The summed E-state index contributed by atoms with van der Waals surface area (Å²) in [4.78, 5) is 0. The Morgan fingerprint density at radius 1 is 1.28 bits per heavy atom. The summed E-state index contributed by atoms with van der Waals surface area (Å²) in [6, 6.07) is 5.77. The molecule has 5 heteroatoms. The zero-order chi connectivity index (χ0) is 12.5. The second-order valence-electron chi connectivity index (χ2n) is 4.24. The van der Waals surface area contributed by atoms with Crippen LogP contribution in [0.2, 0.25) is 0 Å². The maximum absolute atomic E-state index is 6.29. The molecule has 0 fully saturated rings. The summed E-state index contributed by atoms with van der Waals surface area (Å²) in [5.74, 6) is 0. The lowest BCUT2D eigenvalue weighted by Gasteiger charge is -2.07. The zero-order valence-electron chi connectivity index (χ0n) is 10.2. The molecule has 0 saturated heterocycles. The predicted octanol–water partition coefficient (Wildman–Crippen LogP) is 1.60. The average molecular weight is 241 g/mol. The van der Waals surface area contributed by atoms with Crippen molar-refractivity contribution in [2.24, 2.45) is 5.73 Å². The van der Waals surface area contributed by atoms with Crippen LogP contribution in [0.3, 0.4) is 0 Å². The first-order chi connectivity index (χ1) is 8.79. The van der Waals surface area contributed by atoms with Gasteiger partial charge in [-0.05, 0) is 19.1 Å². The third kappa shape index (κ3) is 1.69. The van der Waals surface area contributed by atoms with E-state index in [9.17, 15) is 0 Å². The molecule has 3 rings (SSSR count). The summed E-state index contributed by atoms with van der Waals surface area (Å²) in [7, 11) is 0. The number of fused-ring (bicyclic) bond motifs is 1. The molecule has 0 aliphatic carbocycles. The summed E-state index contributed by atoms with van der Waals surface area (Å²) in [6.45, 7) is 2.90. The Hall–Kier alpha value is -2.14. The fourth-order valence-corrected chi connectivity index (χ4v) is 2.09. The SMILES string of the molecule is CCn1cc(C(N)c2cnn3ccccc23)cn1. The van der Waals surface area contributed by atoms with Crippen LogP contribution in [0.25, 0.3) is 5.52 Å². The summed E-state index contributed by atoms with van der Waals surface area (Å²) >= 11 is 0. The van der Waals surface area contributed by atoms with E-state index in [4.69, 9.17) is 5.73 Å². The van der Waals surface area contributed by atoms with Gasteiger partial charge in [-0.25, -0.2) is 4.52 Å². The molecule has 1 unspecified atom stereocenters. The number of hydrogen-bond donors (Lipinski definition) is 1. The first-order valence-corrected chi connectivity index (χ1v) is 6.00. The molecule has 0 aliphatic rings. The number of rotatable bonds is 3. The van der Waals surface area contributed by atoms with Crippen LogP contribution >= 0.6 is 0 Å². The van der Waals surface area contributed by atoms with Gasteiger partial charge in [-0.2, -0.15) is 10.2 Å². The van der Waals surface area contributed by atoms with Gasteiger partial charge >= 0.3 is 0 Å². The molecule has 0 radical (unpaired) electrons. The Morgan fingerprint density at radius 2 is 2.17 bits per heavy atom. The minimum absolute atomic E-state index is 0.190. The van der Waals surface area contributed by atoms with Crippen molar-refractivity contribution in [1.29, 1.82) is 0 Å². The molecule has 0 spiro atoms. The van der Waals surface area contributed by atoms with E-state index in [0.29, 0.717) is 0 Å². The van der Waals surface area contributed by atoms with Crippen molar-refractivity contribution in [2.75, 3.05) is 0 Å². The van der Waals surface area contributed by atoms with Crippen LogP contribution in [0, 0.1) is 0 Å². The molecule has 1 atom stereocenters. The monoisotopic (exact) mass is 241 g/mol. The second-order valence-corrected chi connectivity index (χ2v) is 4.24. The van der Waals surface area contributed by atoms with E-state index in [-0.39, 0.29) is 6.04 Å². The predicted molar refractivity (Wildman–Crippen MR) is 69.1 cm³/mol. The van der Waals surface area contributed by atoms with Crippen LogP contribution in [0.1, 0.15) is 24.1 Å². The van der Waals surface area contributed by atoms with E-state index < -0.39 is 0 Å². The molecule has 3 heterocycles. The number of aryl methyl sites for hydroxylation is 1. The minimum atomic E-state index is -0.190. The zero-order valence-corrected chi connectivity index (χ0v) is 10.2. The first kappa shape index (κ1) is 11.0. The maximum atomic E-state index is 6.29. The molecule has 0 aliphatic heterocycles. The van der Waals surface area contributed by atoms with E-state index in [1.165, 1.54) is 0 Å². The number of nitrogens with zero attached hydrogens (tertiary/aromatic N) is 4. The quantitative estimate of drug-likeness (QED) is 0.757. The van der Waals surface area contributed by atoms with Gasteiger partial charge in [-0.1, -0.05) is 6.07 Å². The van der Waals surface area contributed by atoms with Gasteiger partial charge in [0.25, 0.3) is 0 Å². The van der Waals surface area contributed by atoms with E-state index in [1.807, 2.05) is 52.2 Å². The van der Waals surface area contributed by atoms with Crippen LogP contribution in [0.15, 0.2) is 43.0 Å². The van der Waals surface area contributed by atoms with Crippen molar-refractivity contribution >= 4 is 5.52 Å². The number of pyridine rings is 1. The first-order valence-electron chi connectivity index (χ1n) is 6.00. The second kappa shape index (κ2) is 4.27. The third-order valence-corrected chi connectivity index (χ3v) is 3.13. The van der Waals surface area contributed by atoms with Gasteiger partial charge in [-0.15, -0.1) is 0 Å². The van der Waals surface area contributed by atoms with Crippen molar-refractivity contribution in [2.45, 2.75) is 19.5 Å². The molecule has 18 heavy (non-hydrogen) atoms. The molecule has 0 saturated carbocycles. The fraction of sp³-hybridized carbons (Fsp3) is 0.231. The third-order valence-electron chi connectivity index (χ3n) is 3.13. The number of nitrogens with two attached hydrogens (primary N) is 1. The van der Waals surface area contributed by atoms with E-state index in [2.05, 4.69) is 17.1 Å². The van der Waals surface area contributed by atoms with Crippen LogP contribution in [0.4, 0.5) is 0 Å². The van der Waals surface area contributed by atoms with Crippen molar-refractivity contribution in [3.8, 4) is 0 Å². The van der Waals surface area contributed by atoms with Gasteiger partial charge in [-0.3, -0.25) is 4.68 Å². The summed E-state index contributed by atoms with van der Waals surface area (Å²) < 4.78 is 3.71. The molecule has 3 aromatic heterocycles. The fourth-order valence-electron chi connectivity index (χ4n) is 2.09. The largest absolute Gasteiger partial charge is 0.320 e. The molecule has 3 aromatic rings. The van der Waals surface area contributed by atoms with Gasteiger partial charge in [0.15, 0.2) is 0 Å². The Balaban J connectivity index is 2.03. The highest BCUT2D eigenvalue weighted by atomic mass is 15.3. The van der Waals surface area contributed by atoms with Crippen LogP contribution in [-0.4, -0.2) is 19.4 Å². The van der Waals surface area contributed by atoms with Gasteiger partial charge in [0.1, 0.15) is 0 Å². The van der Waals surface area contributed by atoms with Crippen LogP contribution < -0.4 is 5.73 Å². The lowest BCUT2D eigenvalue weighted by atomic mass is 10.0. The summed E-state index contributed by atoms with van der Waals surface area (Å²) in [6.07, 6.45) is 7.54. The molecule has 5 nitrogen and oxygen atoms in total. The molecule has 92 valence electrons. The number of hydrogen-bond acceptors (Lipinski definition) is 3. The maximum Gasteiger partial charge on any atom is 0.0712 e. The van der Waals surface area contributed by atoms with Gasteiger partial charge in [0.2, 0.25) is 0 Å². The Morgan fingerprint density at radius 3 is 2.94 bits per heavy atom. The number of aromatic nitrogens is 4. The summed E-state index contributed by atoms with van der Waals surface area (Å²) in [5.41, 5.74) is 9.35. The molecule has 0 amide bonds. The lowest BCUT2D eigenvalue weighted by molar-refractivity contribution is 0.658. The topological polar surface area (TPSA) is 61.1 Å². The van der Waals surface area contributed by atoms with Gasteiger partial charge in [0.05, 0.1) is 24.0 Å². The highest BCUT2D eigenvalue weighted by Gasteiger charge is 2.15. The van der Waals surface area contributed by atoms with Crippen molar-refractivity contribution in [1.82, 2.24) is 19.4 Å². The Kier molecular flexibility index (Phi) is 2.60. The van der Waals surface area contributed by atoms with E-state index in [0.717, 1.165) is 23.2 Å². The highest BCUT2D eigenvalue weighted by molar-refractivity contribution is 5.56. The van der Waals surface area contributed by atoms with E-state index in [1.54, 1.807) is 0 Å². The smallest absolute Gasteiger partial charge is 0.0712 e. The molecular weight excluding hydrogens is 226 g/mol. The Bertz CT molecular complexity index is 667. The van der Waals surface area contributed by atoms with Crippen molar-refractivity contribution in [3.05, 3.63) is 54.1 Å². The standard InChI is InChI=1S/C13H15N5/c1-2-17-9-10(7-15-17)13(14)11-8-16-18-6-4-3-5-12(11)18/h3-9,13H,2,14H2,1H3. The molecule has 0 aromatic carbocycles. The minimum Gasteiger partial charge on any atom is -0.320 e. The van der Waals surface area contributed by atoms with Gasteiger partial charge in [0, 0.05) is 30.1 Å². The summed E-state index contributed by atoms with van der Waals surface area (Å²) in [5, 5.41) is 8.56. The molecule has 2 N–H and O–H groups in total.